The van der Waals surface area contributed by atoms with Crippen LogP contribution in [0.3, 0.4) is 0 Å². The number of rotatable bonds is 7. The molecule has 0 spiro atoms. The van der Waals surface area contributed by atoms with Gasteiger partial charge in [0.25, 0.3) is 0 Å². The Morgan fingerprint density at radius 2 is 1.63 bits per heavy atom. The average molecular weight is 404 g/mol. The minimum absolute atomic E-state index is 0. The highest BCUT2D eigenvalue weighted by atomic mass is 35.5. The van der Waals surface area contributed by atoms with Crippen LogP contribution in [-0.4, -0.2) is 37.9 Å². The highest BCUT2D eigenvalue weighted by molar-refractivity contribution is 6.09. The van der Waals surface area contributed by atoms with E-state index in [9.17, 15) is 22.4 Å². The first-order chi connectivity index (χ1) is 12.3. The SMILES string of the molecule is CN(C)C/C=C/COc1cc(F)c(C(=O)c2ccc(F)cc2F)cc1F.Cl. The molecule has 0 bridgehead atoms. The van der Waals surface area contributed by atoms with Crippen molar-refractivity contribution in [3.8, 4) is 5.75 Å². The van der Waals surface area contributed by atoms with E-state index < -0.39 is 40.2 Å². The van der Waals surface area contributed by atoms with Gasteiger partial charge in [-0.1, -0.05) is 12.2 Å². The van der Waals surface area contributed by atoms with Crippen molar-refractivity contribution in [1.82, 2.24) is 4.90 Å². The Bertz CT molecular complexity index is 841. The molecule has 3 nitrogen and oxygen atoms in total. The summed E-state index contributed by atoms with van der Waals surface area (Å²) < 4.78 is 60.0. The molecule has 0 aliphatic heterocycles. The summed E-state index contributed by atoms with van der Waals surface area (Å²) in [6.45, 7) is 0.682. The molecule has 0 radical (unpaired) electrons. The number of benzene rings is 2. The zero-order valence-electron chi connectivity index (χ0n) is 14.6. The van der Waals surface area contributed by atoms with E-state index in [1.807, 2.05) is 19.0 Å². The zero-order chi connectivity index (χ0) is 19.3. The fraction of sp³-hybridized carbons (Fsp3) is 0.211. The highest BCUT2D eigenvalue weighted by Gasteiger charge is 2.21. The second kappa shape index (κ2) is 10.1. The van der Waals surface area contributed by atoms with Gasteiger partial charge in [0.15, 0.2) is 17.3 Å². The highest BCUT2D eigenvalue weighted by Crippen LogP contribution is 2.24. The Balaban J connectivity index is 0.00000364. The molecule has 0 N–H and O–H groups in total. The third-order valence-electron chi connectivity index (χ3n) is 3.41. The molecular weight excluding hydrogens is 386 g/mol. The number of halogens is 5. The average Bonchev–Trinajstić information content (AvgIpc) is 2.56. The number of nitrogens with zero attached hydrogens (tertiary/aromatic N) is 1. The van der Waals surface area contributed by atoms with Crippen LogP contribution < -0.4 is 4.74 Å². The fourth-order valence-electron chi connectivity index (χ4n) is 2.12. The maximum Gasteiger partial charge on any atom is 0.199 e. The normalized spacial score (nSPS) is 10.9. The van der Waals surface area contributed by atoms with Gasteiger partial charge < -0.3 is 9.64 Å². The summed E-state index contributed by atoms with van der Waals surface area (Å²) in [6, 6.07) is 3.61. The lowest BCUT2D eigenvalue weighted by Gasteiger charge is -2.09. The molecule has 2 aromatic rings. The molecule has 0 aromatic heterocycles. The van der Waals surface area contributed by atoms with Crippen molar-refractivity contribution in [1.29, 1.82) is 0 Å². The van der Waals surface area contributed by atoms with E-state index in [1.54, 1.807) is 12.2 Å². The first-order valence-electron chi connectivity index (χ1n) is 7.71. The van der Waals surface area contributed by atoms with Crippen LogP contribution in [0.5, 0.6) is 5.75 Å². The van der Waals surface area contributed by atoms with Crippen molar-refractivity contribution in [3.05, 3.63) is 76.9 Å². The van der Waals surface area contributed by atoms with Gasteiger partial charge in [0.05, 0.1) is 11.1 Å². The van der Waals surface area contributed by atoms with E-state index in [1.165, 1.54) is 0 Å². The molecule has 0 amide bonds. The van der Waals surface area contributed by atoms with Crippen molar-refractivity contribution < 1.29 is 27.1 Å². The van der Waals surface area contributed by atoms with Gasteiger partial charge in [-0.2, -0.15) is 0 Å². The number of likely N-dealkylation sites (N-methyl/N-ethyl adjacent to an activating group) is 1. The third-order valence-corrected chi connectivity index (χ3v) is 3.41. The monoisotopic (exact) mass is 403 g/mol. The van der Waals surface area contributed by atoms with Gasteiger partial charge in [-0.15, -0.1) is 12.4 Å². The van der Waals surface area contributed by atoms with Crippen LogP contribution >= 0.6 is 12.4 Å². The van der Waals surface area contributed by atoms with Gasteiger partial charge in [-0.25, -0.2) is 17.6 Å². The molecule has 146 valence electrons. The van der Waals surface area contributed by atoms with Gasteiger partial charge in [0.2, 0.25) is 0 Å². The largest absolute Gasteiger partial charge is 0.486 e. The predicted molar refractivity (Wildman–Crippen MR) is 96.6 cm³/mol. The summed E-state index contributed by atoms with van der Waals surface area (Å²) in [5.41, 5.74) is -1.21. The second-order valence-electron chi connectivity index (χ2n) is 5.76. The van der Waals surface area contributed by atoms with Crippen LogP contribution in [0.4, 0.5) is 17.6 Å². The molecule has 2 aromatic carbocycles. The molecule has 8 heteroatoms. The minimum atomic E-state index is -1.15. The van der Waals surface area contributed by atoms with Crippen molar-refractivity contribution in [2.45, 2.75) is 0 Å². The van der Waals surface area contributed by atoms with Gasteiger partial charge in [0.1, 0.15) is 24.1 Å². The van der Waals surface area contributed by atoms with Crippen molar-refractivity contribution in [3.63, 3.8) is 0 Å². The Morgan fingerprint density at radius 1 is 0.963 bits per heavy atom. The van der Waals surface area contributed by atoms with Gasteiger partial charge >= 0.3 is 0 Å². The lowest BCUT2D eigenvalue weighted by atomic mass is 10.0. The number of hydrogen-bond donors (Lipinski definition) is 0. The smallest absolute Gasteiger partial charge is 0.199 e. The maximum absolute atomic E-state index is 14.2. The summed E-state index contributed by atoms with van der Waals surface area (Å²) >= 11 is 0. The molecular formula is C19H18ClF4NO2. The van der Waals surface area contributed by atoms with E-state index >= 15 is 0 Å². The Labute approximate surface area is 160 Å². The minimum Gasteiger partial charge on any atom is -0.486 e. The van der Waals surface area contributed by atoms with Gasteiger partial charge in [-0.05, 0) is 32.3 Å². The van der Waals surface area contributed by atoms with Crippen molar-refractivity contribution in [2.75, 3.05) is 27.2 Å². The Kier molecular flexibility index (Phi) is 8.46. The van der Waals surface area contributed by atoms with E-state index in [0.29, 0.717) is 18.7 Å². The van der Waals surface area contributed by atoms with Crippen LogP contribution in [0.1, 0.15) is 15.9 Å². The summed E-state index contributed by atoms with van der Waals surface area (Å²) in [6.07, 6.45) is 3.44. The van der Waals surface area contributed by atoms with Gasteiger partial charge in [0, 0.05) is 18.7 Å². The molecule has 0 unspecified atom stereocenters. The summed E-state index contributed by atoms with van der Waals surface area (Å²) in [5.74, 6) is -5.51. The van der Waals surface area contributed by atoms with E-state index in [2.05, 4.69) is 0 Å². The van der Waals surface area contributed by atoms with Crippen LogP contribution in [0.25, 0.3) is 0 Å². The number of ketones is 1. The molecule has 0 heterocycles. The topological polar surface area (TPSA) is 29.5 Å². The van der Waals surface area contributed by atoms with Crippen LogP contribution in [0, 0.1) is 23.3 Å². The lowest BCUT2D eigenvalue weighted by molar-refractivity contribution is 0.103. The quantitative estimate of drug-likeness (QED) is 0.390. The van der Waals surface area contributed by atoms with E-state index in [4.69, 9.17) is 4.74 Å². The van der Waals surface area contributed by atoms with Crippen LogP contribution in [0.2, 0.25) is 0 Å². The van der Waals surface area contributed by atoms with Crippen LogP contribution in [0.15, 0.2) is 42.5 Å². The molecule has 2 rings (SSSR count). The zero-order valence-corrected chi connectivity index (χ0v) is 15.5. The predicted octanol–water partition coefficient (Wildman–Crippen LogP) is 4.39. The first-order valence-corrected chi connectivity index (χ1v) is 7.71. The van der Waals surface area contributed by atoms with Crippen molar-refractivity contribution >= 4 is 18.2 Å². The summed E-state index contributed by atoms with van der Waals surface area (Å²) in [4.78, 5) is 14.1. The Hall–Kier alpha value is -2.38. The molecule has 0 saturated carbocycles. The van der Waals surface area contributed by atoms with Crippen molar-refractivity contribution in [2.24, 2.45) is 0 Å². The number of ether oxygens (including phenoxy) is 1. The standard InChI is InChI=1S/C19H17F4NO2.ClH/c1-24(2)7-3-4-8-26-18-11-16(22)14(10-17(18)23)19(25)13-6-5-12(20)9-15(13)21;/h3-6,9-11H,7-8H2,1-2H3;1H/b4-3+;. The Morgan fingerprint density at radius 3 is 2.26 bits per heavy atom. The second-order valence-corrected chi connectivity index (χ2v) is 5.76. The van der Waals surface area contributed by atoms with Gasteiger partial charge in [-0.3, -0.25) is 4.79 Å². The fourth-order valence-corrected chi connectivity index (χ4v) is 2.12. The lowest BCUT2D eigenvalue weighted by Crippen LogP contribution is -2.11. The molecule has 0 aliphatic rings. The molecule has 0 saturated heterocycles. The number of hydrogen-bond acceptors (Lipinski definition) is 3. The molecule has 0 fully saturated rings. The van der Waals surface area contributed by atoms with E-state index in [-0.39, 0.29) is 24.8 Å². The molecule has 0 atom stereocenters. The molecule has 27 heavy (non-hydrogen) atoms. The van der Waals surface area contributed by atoms with E-state index in [0.717, 1.165) is 18.2 Å². The maximum atomic E-state index is 14.2. The molecule has 0 aliphatic carbocycles. The first kappa shape index (κ1) is 22.7. The third kappa shape index (κ3) is 6.08. The summed E-state index contributed by atoms with van der Waals surface area (Å²) in [7, 11) is 3.75. The number of carbonyl (C=O) groups excluding carboxylic acids is 1. The summed E-state index contributed by atoms with van der Waals surface area (Å²) in [5, 5.41) is 0. The van der Waals surface area contributed by atoms with Crippen LogP contribution in [-0.2, 0) is 0 Å². The number of carbonyl (C=O) groups is 1.